The van der Waals surface area contributed by atoms with Crippen molar-refractivity contribution in [2.45, 2.75) is 52.6 Å². The van der Waals surface area contributed by atoms with Gasteiger partial charge in [-0.15, -0.1) is 0 Å². The van der Waals surface area contributed by atoms with Crippen molar-refractivity contribution in [1.29, 1.82) is 0 Å². The van der Waals surface area contributed by atoms with Gasteiger partial charge in [-0.2, -0.15) is 0 Å². The van der Waals surface area contributed by atoms with E-state index in [1.165, 1.54) is 11.3 Å². The van der Waals surface area contributed by atoms with E-state index in [1.807, 2.05) is 0 Å². The number of aromatic nitrogens is 1. The summed E-state index contributed by atoms with van der Waals surface area (Å²) in [7, 11) is 0. The molecule has 0 fully saturated rings. The topological polar surface area (TPSA) is 65.7 Å². The Labute approximate surface area is 174 Å². The van der Waals surface area contributed by atoms with Gasteiger partial charge in [0.25, 0.3) is 0 Å². The van der Waals surface area contributed by atoms with Gasteiger partial charge in [-0.25, -0.2) is 4.99 Å². The molecule has 2 aromatic rings. The number of guanidine groups is 1. The van der Waals surface area contributed by atoms with Gasteiger partial charge in [0, 0.05) is 37.3 Å². The lowest BCUT2D eigenvalue weighted by Crippen LogP contribution is -2.36. The van der Waals surface area contributed by atoms with E-state index in [0.29, 0.717) is 19.0 Å². The first-order valence-electron chi connectivity index (χ1n) is 10.7. The molecule has 0 bridgehead atoms. The third-order valence-corrected chi connectivity index (χ3v) is 5.29. The van der Waals surface area contributed by atoms with Crippen LogP contribution in [0, 0.1) is 0 Å². The Morgan fingerprint density at radius 1 is 1.10 bits per heavy atom. The van der Waals surface area contributed by atoms with Crippen molar-refractivity contribution in [2.75, 3.05) is 24.5 Å². The van der Waals surface area contributed by atoms with Crippen LogP contribution in [0.25, 0.3) is 0 Å². The van der Waals surface area contributed by atoms with Gasteiger partial charge in [-0.05, 0) is 37.5 Å². The van der Waals surface area contributed by atoms with Gasteiger partial charge < -0.3 is 20.1 Å². The summed E-state index contributed by atoms with van der Waals surface area (Å²) in [6, 6.07) is 10.7. The van der Waals surface area contributed by atoms with E-state index in [4.69, 9.17) is 9.52 Å². The first-order chi connectivity index (χ1) is 14.2. The molecule has 3 rings (SSSR count). The number of nitrogens with zero attached hydrogens (tertiary/aromatic N) is 3. The SMILES string of the molecule is CCNC(=NCc1ccc(N2CC=CC2)cc1)NCc1cc(C(CC)CC)no1. The van der Waals surface area contributed by atoms with E-state index >= 15 is 0 Å². The number of aliphatic imine (C=N–C) groups is 1. The molecule has 6 heteroatoms. The Morgan fingerprint density at radius 2 is 1.83 bits per heavy atom. The van der Waals surface area contributed by atoms with Crippen LogP contribution in [0.5, 0.6) is 0 Å². The maximum atomic E-state index is 5.50. The smallest absolute Gasteiger partial charge is 0.191 e. The fourth-order valence-electron chi connectivity index (χ4n) is 3.50. The van der Waals surface area contributed by atoms with E-state index < -0.39 is 0 Å². The summed E-state index contributed by atoms with van der Waals surface area (Å²) in [5.74, 6) is 2.08. The van der Waals surface area contributed by atoms with Crippen molar-refractivity contribution in [3.8, 4) is 0 Å². The summed E-state index contributed by atoms with van der Waals surface area (Å²) in [6.07, 6.45) is 6.56. The average Bonchev–Trinajstić information content (AvgIpc) is 3.44. The van der Waals surface area contributed by atoms with Crippen LogP contribution in [0.15, 0.2) is 52.0 Å². The van der Waals surface area contributed by atoms with Crippen LogP contribution in [-0.4, -0.2) is 30.8 Å². The largest absolute Gasteiger partial charge is 0.364 e. The van der Waals surface area contributed by atoms with Crippen LogP contribution in [-0.2, 0) is 13.1 Å². The molecule has 0 saturated carbocycles. The van der Waals surface area contributed by atoms with Crippen LogP contribution in [0.4, 0.5) is 5.69 Å². The van der Waals surface area contributed by atoms with Crippen LogP contribution in [0.3, 0.4) is 0 Å². The van der Waals surface area contributed by atoms with Crippen molar-refractivity contribution in [2.24, 2.45) is 4.99 Å². The second kappa shape index (κ2) is 10.7. The highest BCUT2D eigenvalue weighted by molar-refractivity contribution is 5.79. The lowest BCUT2D eigenvalue weighted by Gasteiger charge is -2.17. The lowest BCUT2D eigenvalue weighted by molar-refractivity contribution is 0.368. The number of benzene rings is 1. The average molecular weight is 396 g/mol. The molecule has 0 amide bonds. The summed E-state index contributed by atoms with van der Waals surface area (Å²) >= 11 is 0. The highest BCUT2D eigenvalue weighted by Crippen LogP contribution is 2.22. The van der Waals surface area contributed by atoms with Gasteiger partial charge in [0.15, 0.2) is 11.7 Å². The Kier molecular flexibility index (Phi) is 7.73. The summed E-state index contributed by atoms with van der Waals surface area (Å²) < 4.78 is 5.50. The van der Waals surface area contributed by atoms with Crippen LogP contribution in [0.1, 0.15) is 56.5 Å². The van der Waals surface area contributed by atoms with Crippen molar-refractivity contribution < 1.29 is 4.52 Å². The lowest BCUT2D eigenvalue weighted by atomic mass is 9.99. The summed E-state index contributed by atoms with van der Waals surface area (Å²) in [6.45, 7) is 10.4. The number of nitrogens with one attached hydrogen (secondary N) is 2. The van der Waals surface area contributed by atoms with Gasteiger partial charge in [0.05, 0.1) is 18.8 Å². The molecule has 0 unspecified atom stereocenters. The molecule has 6 nitrogen and oxygen atoms in total. The molecule has 156 valence electrons. The van der Waals surface area contributed by atoms with Crippen molar-refractivity contribution >= 4 is 11.6 Å². The van der Waals surface area contributed by atoms with Gasteiger partial charge in [-0.1, -0.05) is 43.3 Å². The Morgan fingerprint density at radius 3 is 2.48 bits per heavy atom. The standard InChI is InChI=1S/C23H33N5O/c1-4-19(5-2)22-15-21(29-27-22)17-26-23(24-6-3)25-16-18-9-11-20(12-10-18)28-13-7-8-14-28/h7-12,15,19H,4-6,13-14,16-17H2,1-3H3,(H2,24,25,26). The minimum absolute atomic E-state index is 0.466. The van der Waals surface area contributed by atoms with Gasteiger partial charge >= 0.3 is 0 Å². The summed E-state index contributed by atoms with van der Waals surface area (Å²) in [5, 5.41) is 10.9. The number of hydrogen-bond donors (Lipinski definition) is 2. The van der Waals surface area contributed by atoms with Gasteiger partial charge in [-0.3, -0.25) is 0 Å². The second-order valence-corrected chi connectivity index (χ2v) is 7.32. The number of anilines is 1. The van der Waals surface area contributed by atoms with Crippen molar-refractivity contribution in [1.82, 2.24) is 15.8 Å². The fraction of sp³-hybridized carbons (Fsp3) is 0.478. The molecule has 2 heterocycles. The van der Waals surface area contributed by atoms with E-state index in [1.54, 1.807) is 0 Å². The molecule has 0 spiro atoms. The zero-order valence-corrected chi connectivity index (χ0v) is 17.8. The van der Waals surface area contributed by atoms with E-state index in [-0.39, 0.29) is 0 Å². The van der Waals surface area contributed by atoms with Gasteiger partial charge in [0.2, 0.25) is 0 Å². The Bertz CT molecular complexity index is 797. The summed E-state index contributed by atoms with van der Waals surface area (Å²) in [5.41, 5.74) is 3.49. The molecule has 1 aliphatic rings. The molecule has 2 N–H and O–H groups in total. The predicted molar refractivity (Wildman–Crippen MR) is 119 cm³/mol. The van der Waals surface area contributed by atoms with E-state index in [0.717, 1.165) is 49.9 Å². The maximum absolute atomic E-state index is 5.50. The first-order valence-corrected chi connectivity index (χ1v) is 10.7. The first kappa shape index (κ1) is 21.0. The maximum Gasteiger partial charge on any atom is 0.191 e. The molecule has 0 saturated heterocycles. The molecular formula is C23H33N5O. The normalized spacial score (nSPS) is 14.1. The molecule has 0 radical (unpaired) electrons. The molecule has 1 aromatic heterocycles. The zero-order chi connectivity index (χ0) is 20.5. The fourth-order valence-corrected chi connectivity index (χ4v) is 3.50. The quantitative estimate of drug-likeness (QED) is 0.378. The van der Waals surface area contributed by atoms with Crippen molar-refractivity contribution in [3.05, 3.63) is 59.5 Å². The highest BCUT2D eigenvalue weighted by atomic mass is 16.5. The van der Waals surface area contributed by atoms with Crippen LogP contribution >= 0.6 is 0 Å². The van der Waals surface area contributed by atoms with Crippen LogP contribution in [0.2, 0.25) is 0 Å². The highest BCUT2D eigenvalue weighted by Gasteiger charge is 2.13. The Hall–Kier alpha value is -2.76. The minimum atomic E-state index is 0.466. The van der Waals surface area contributed by atoms with Crippen LogP contribution < -0.4 is 15.5 Å². The van der Waals surface area contributed by atoms with E-state index in [9.17, 15) is 0 Å². The van der Waals surface area contributed by atoms with Gasteiger partial charge in [0.1, 0.15) is 0 Å². The van der Waals surface area contributed by atoms with Crippen molar-refractivity contribution in [3.63, 3.8) is 0 Å². The second-order valence-electron chi connectivity index (χ2n) is 7.32. The number of hydrogen-bond acceptors (Lipinski definition) is 4. The monoisotopic (exact) mass is 395 g/mol. The summed E-state index contributed by atoms with van der Waals surface area (Å²) in [4.78, 5) is 7.05. The predicted octanol–water partition coefficient (Wildman–Crippen LogP) is 4.21. The molecular weight excluding hydrogens is 362 g/mol. The molecule has 1 aromatic carbocycles. The molecule has 0 atom stereocenters. The number of rotatable bonds is 9. The third kappa shape index (κ3) is 5.86. The molecule has 0 aliphatic carbocycles. The third-order valence-electron chi connectivity index (χ3n) is 5.29. The minimum Gasteiger partial charge on any atom is -0.364 e. The van der Waals surface area contributed by atoms with E-state index in [2.05, 4.69) is 83.9 Å². The zero-order valence-electron chi connectivity index (χ0n) is 17.8. The molecule has 29 heavy (non-hydrogen) atoms. The Balaban J connectivity index is 1.55. The molecule has 1 aliphatic heterocycles.